The molecule has 31 heavy (non-hydrogen) atoms. The van der Waals surface area contributed by atoms with Gasteiger partial charge in [0.1, 0.15) is 18.4 Å². The fourth-order valence-electron chi connectivity index (χ4n) is 3.56. The van der Waals surface area contributed by atoms with E-state index in [1.54, 1.807) is 12.1 Å². The number of cyclic esters (lactones) is 1. The highest BCUT2D eigenvalue weighted by molar-refractivity contribution is 5.93. The Bertz CT molecular complexity index is 1130. The maximum absolute atomic E-state index is 11.7. The maximum atomic E-state index is 11.7. The third-order valence-corrected chi connectivity index (χ3v) is 5.33. The molecule has 0 amide bonds. The Balaban J connectivity index is 1.42. The van der Waals surface area contributed by atoms with Gasteiger partial charge in [-0.3, -0.25) is 4.90 Å². The number of esters is 1. The van der Waals surface area contributed by atoms with Crippen LogP contribution in [0.5, 0.6) is 0 Å². The van der Waals surface area contributed by atoms with Gasteiger partial charge in [-0.25, -0.2) is 9.78 Å². The van der Waals surface area contributed by atoms with Crippen LogP contribution in [-0.4, -0.2) is 50.9 Å². The number of hydrogen-bond acceptors (Lipinski definition) is 9. The number of ether oxygens (including phenoxy) is 1. The zero-order valence-electron chi connectivity index (χ0n) is 17.0. The highest BCUT2D eigenvalue weighted by atomic mass is 16.5. The normalized spacial score (nSPS) is 12.6. The number of aromatic nitrogens is 3. The highest BCUT2D eigenvalue weighted by Crippen LogP contribution is 2.26. The summed E-state index contributed by atoms with van der Waals surface area (Å²) in [4.78, 5) is 17.9. The van der Waals surface area contributed by atoms with Crippen LogP contribution in [0.1, 0.15) is 38.5 Å². The van der Waals surface area contributed by atoms with Crippen molar-refractivity contribution in [2.45, 2.75) is 26.5 Å². The van der Waals surface area contributed by atoms with E-state index in [0.29, 0.717) is 49.0 Å². The monoisotopic (exact) mass is 419 g/mol. The molecular formula is C22H21N5O4. The highest BCUT2D eigenvalue weighted by Gasteiger charge is 2.24. The van der Waals surface area contributed by atoms with E-state index in [1.165, 1.54) is 6.20 Å². The number of nitrogens with zero attached hydrogens (tertiary/aromatic N) is 5. The number of aliphatic hydroxyl groups excluding tert-OH is 1. The second kappa shape index (κ2) is 9.04. The molecule has 0 unspecified atom stereocenters. The lowest BCUT2D eigenvalue weighted by Gasteiger charge is -2.20. The van der Waals surface area contributed by atoms with Gasteiger partial charge >= 0.3 is 5.97 Å². The number of fused-ring (bicyclic) bond motifs is 1. The van der Waals surface area contributed by atoms with E-state index in [1.807, 2.05) is 30.0 Å². The summed E-state index contributed by atoms with van der Waals surface area (Å²) in [5.74, 6) is 0.428. The Kier molecular flexibility index (Phi) is 6.02. The fraction of sp³-hybridized carbons (Fsp3) is 0.318. The summed E-state index contributed by atoms with van der Waals surface area (Å²) in [5, 5.41) is 26.5. The first-order valence-electron chi connectivity index (χ1n) is 9.89. The molecule has 9 nitrogen and oxygen atoms in total. The van der Waals surface area contributed by atoms with Gasteiger partial charge in [0.25, 0.3) is 5.89 Å². The van der Waals surface area contributed by atoms with Gasteiger partial charge in [0, 0.05) is 24.8 Å². The lowest BCUT2D eigenvalue weighted by Crippen LogP contribution is -2.29. The van der Waals surface area contributed by atoms with Crippen LogP contribution < -0.4 is 0 Å². The van der Waals surface area contributed by atoms with Crippen molar-refractivity contribution in [3.05, 3.63) is 64.2 Å². The maximum Gasteiger partial charge on any atom is 0.338 e. The van der Waals surface area contributed by atoms with Crippen molar-refractivity contribution in [2.75, 3.05) is 19.7 Å². The summed E-state index contributed by atoms with van der Waals surface area (Å²) in [6, 6.07) is 9.09. The molecule has 0 bridgehead atoms. The predicted octanol–water partition coefficient (Wildman–Crippen LogP) is 2.02. The Labute approximate surface area is 178 Å². The van der Waals surface area contributed by atoms with Crippen LogP contribution in [0.15, 0.2) is 34.9 Å². The summed E-state index contributed by atoms with van der Waals surface area (Å²) in [7, 11) is 0. The van der Waals surface area contributed by atoms with E-state index in [-0.39, 0.29) is 18.5 Å². The topological polar surface area (TPSA) is 125 Å². The first kappa shape index (κ1) is 20.7. The van der Waals surface area contributed by atoms with Crippen molar-refractivity contribution in [2.24, 2.45) is 0 Å². The third-order valence-electron chi connectivity index (χ3n) is 5.33. The number of rotatable bonds is 8. The average molecular weight is 419 g/mol. The van der Waals surface area contributed by atoms with Crippen molar-refractivity contribution < 1.29 is 19.1 Å². The van der Waals surface area contributed by atoms with Crippen LogP contribution in [0.25, 0.3) is 11.6 Å². The average Bonchev–Trinajstić information content (AvgIpc) is 3.40. The van der Waals surface area contributed by atoms with Gasteiger partial charge in [-0.2, -0.15) is 5.26 Å². The van der Waals surface area contributed by atoms with E-state index in [9.17, 15) is 9.90 Å². The lowest BCUT2D eigenvalue weighted by atomic mass is 9.96. The number of hydrogen-bond donors (Lipinski definition) is 1. The molecule has 0 radical (unpaired) electrons. The quantitative estimate of drug-likeness (QED) is 0.546. The first-order chi connectivity index (χ1) is 15.1. The molecule has 1 N–H and O–H groups in total. The molecule has 2 aromatic heterocycles. The van der Waals surface area contributed by atoms with Gasteiger partial charge < -0.3 is 14.3 Å². The van der Waals surface area contributed by atoms with Crippen molar-refractivity contribution in [3.63, 3.8) is 0 Å². The zero-order valence-corrected chi connectivity index (χ0v) is 17.0. The minimum absolute atomic E-state index is 0.00365. The minimum atomic E-state index is -0.268. The second-order valence-corrected chi connectivity index (χ2v) is 7.25. The van der Waals surface area contributed by atoms with Gasteiger partial charge in [0.2, 0.25) is 5.89 Å². The zero-order chi connectivity index (χ0) is 21.8. The molecule has 1 aliphatic heterocycles. The molecule has 0 saturated heterocycles. The Morgan fingerprint density at radius 3 is 2.84 bits per heavy atom. The van der Waals surface area contributed by atoms with Crippen molar-refractivity contribution in [1.82, 2.24) is 20.1 Å². The number of nitriles is 1. The van der Waals surface area contributed by atoms with E-state index in [2.05, 4.69) is 15.2 Å². The van der Waals surface area contributed by atoms with Crippen LogP contribution in [0.4, 0.5) is 0 Å². The molecule has 4 rings (SSSR count). The molecule has 0 atom stereocenters. The lowest BCUT2D eigenvalue weighted by molar-refractivity contribution is 0.0535. The summed E-state index contributed by atoms with van der Waals surface area (Å²) in [6.45, 7) is 3.84. The molecule has 1 aliphatic rings. The van der Waals surface area contributed by atoms with Crippen LogP contribution in [0, 0.1) is 18.3 Å². The number of benzene rings is 1. The van der Waals surface area contributed by atoms with Crippen molar-refractivity contribution in [1.29, 1.82) is 5.26 Å². The van der Waals surface area contributed by atoms with E-state index in [4.69, 9.17) is 14.4 Å². The van der Waals surface area contributed by atoms with Crippen molar-refractivity contribution >= 4 is 5.97 Å². The first-order valence-corrected chi connectivity index (χ1v) is 9.89. The molecular weight excluding hydrogens is 398 g/mol. The van der Waals surface area contributed by atoms with Crippen LogP contribution in [-0.2, 0) is 24.3 Å². The number of carbonyl (C=O) groups is 1. The standard InChI is InChI=1S/C22H21N5O4/c1-14-16(3-4-17-18(14)13-30-22(17)29)6-7-27(8-9-28)12-20-25-26-21(31-20)19-5-2-15(10-23)11-24-19/h2-5,11,28H,6-9,12-13H2,1H3. The van der Waals surface area contributed by atoms with Crippen molar-refractivity contribution in [3.8, 4) is 17.7 Å². The molecule has 1 aromatic carbocycles. The Morgan fingerprint density at radius 1 is 1.23 bits per heavy atom. The second-order valence-electron chi connectivity index (χ2n) is 7.25. The molecule has 3 aromatic rings. The fourth-order valence-corrected chi connectivity index (χ4v) is 3.56. The van der Waals surface area contributed by atoms with E-state index < -0.39 is 0 Å². The predicted molar refractivity (Wildman–Crippen MR) is 109 cm³/mol. The summed E-state index contributed by atoms with van der Waals surface area (Å²) in [5.41, 5.74) is 4.75. The third kappa shape index (κ3) is 4.45. The number of aliphatic hydroxyl groups is 1. The van der Waals surface area contributed by atoms with Gasteiger partial charge in [0.15, 0.2) is 0 Å². The molecule has 158 valence electrons. The SMILES string of the molecule is Cc1c(CCN(CCO)Cc2nnc(-c3ccc(C#N)cn3)o2)ccc2c1COC2=O. The van der Waals surface area contributed by atoms with Gasteiger partial charge in [-0.05, 0) is 42.7 Å². The summed E-state index contributed by atoms with van der Waals surface area (Å²) in [6.07, 6.45) is 2.19. The minimum Gasteiger partial charge on any atom is -0.457 e. The largest absolute Gasteiger partial charge is 0.457 e. The van der Waals surface area contributed by atoms with Crippen LogP contribution >= 0.6 is 0 Å². The van der Waals surface area contributed by atoms with Gasteiger partial charge in [-0.1, -0.05) is 6.07 Å². The molecule has 9 heteroatoms. The summed E-state index contributed by atoms with van der Waals surface area (Å²) < 4.78 is 10.8. The molecule has 0 spiro atoms. The number of carbonyl (C=O) groups excluding carboxylic acids is 1. The van der Waals surface area contributed by atoms with Gasteiger partial charge in [-0.15, -0.1) is 10.2 Å². The Hall–Kier alpha value is -3.61. The molecule has 3 heterocycles. The summed E-state index contributed by atoms with van der Waals surface area (Å²) >= 11 is 0. The Morgan fingerprint density at radius 2 is 2.10 bits per heavy atom. The molecule has 0 saturated carbocycles. The van der Waals surface area contributed by atoms with Crippen LogP contribution in [0.3, 0.4) is 0 Å². The van der Waals surface area contributed by atoms with E-state index >= 15 is 0 Å². The van der Waals surface area contributed by atoms with Gasteiger partial charge in [0.05, 0.1) is 24.3 Å². The molecule has 0 aliphatic carbocycles. The molecule has 0 fully saturated rings. The van der Waals surface area contributed by atoms with Crippen LogP contribution in [0.2, 0.25) is 0 Å². The number of pyridine rings is 1. The smallest absolute Gasteiger partial charge is 0.338 e. The van der Waals surface area contributed by atoms with E-state index in [0.717, 1.165) is 23.1 Å².